The standard InChI is InChI=1S/C10H14BrN3O2/c11-9-5-12-14(7-9)6-8-1-3-13(4-2-8)10(15)16/h5,7-8H,1-4,6H2,(H,15,16). The second-order valence-electron chi connectivity index (χ2n) is 4.09. The van der Waals surface area contributed by atoms with E-state index >= 15 is 0 Å². The highest BCUT2D eigenvalue weighted by Gasteiger charge is 2.22. The van der Waals surface area contributed by atoms with Crippen molar-refractivity contribution >= 4 is 22.0 Å². The zero-order valence-corrected chi connectivity index (χ0v) is 10.4. The van der Waals surface area contributed by atoms with Crippen molar-refractivity contribution in [2.75, 3.05) is 13.1 Å². The van der Waals surface area contributed by atoms with Crippen molar-refractivity contribution in [1.82, 2.24) is 14.7 Å². The van der Waals surface area contributed by atoms with Crippen LogP contribution in [-0.2, 0) is 6.54 Å². The molecule has 0 aromatic carbocycles. The lowest BCUT2D eigenvalue weighted by atomic mass is 9.97. The average Bonchev–Trinajstić information content (AvgIpc) is 2.65. The number of aromatic nitrogens is 2. The summed E-state index contributed by atoms with van der Waals surface area (Å²) in [4.78, 5) is 12.2. The Morgan fingerprint density at radius 3 is 2.75 bits per heavy atom. The fourth-order valence-corrected chi connectivity index (χ4v) is 2.34. The van der Waals surface area contributed by atoms with Crippen LogP contribution in [0.3, 0.4) is 0 Å². The largest absolute Gasteiger partial charge is 0.465 e. The number of likely N-dealkylation sites (tertiary alicyclic amines) is 1. The topological polar surface area (TPSA) is 58.4 Å². The lowest BCUT2D eigenvalue weighted by Gasteiger charge is -2.29. The molecule has 0 radical (unpaired) electrons. The molecule has 0 spiro atoms. The first-order chi connectivity index (χ1) is 7.65. The molecule has 1 aliphatic rings. The number of piperidine rings is 1. The summed E-state index contributed by atoms with van der Waals surface area (Å²) in [5, 5.41) is 13.0. The molecular formula is C10H14BrN3O2. The molecule has 6 heteroatoms. The van der Waals surface area contributed by atoms with E-state index in [0.717, 1.165) is 23.9 Å². The summed E-state index contributed by atoms with van der Waals surface area (Å²) >= 11 is 3.36. The normalized spacial score (nSPS) is 17.7. The Balaban J connectivity index is 1.83. The molecule has 1 saturated heterocycles. The molecule has 88 valence electrons. The Morgan fingerprint density at radius 1 is 1.56 bits per heavy atom. The number of halogens is 1. The van der Waals surface area contributed by atoms with Gasteiger partial charge in [0.05, 0.1) is 10.7 Å². The second kappa shape index (κ2) is 4.86. The summed E-state index contributed by atoms with van der Waals surface area (Å²) in [6.45, 7) is 2.16. The third kappa shape index (κ3) is 2.75. The molecule has 16 heavy (non-hydrogen) atoms. The van der Waals surface area contributed by atoms with Crippen molar-refractivity contribution in [1.29, 1.82) is 0 Å². The molecule has 0 atom stereocenters. The lowest BCUT2D eigenvalue weighted by Crippen LogP contribution is -2.38. The molecule has 1 aromatic heterocycles. The molecule has 0 aliphatic carbocycles. The molecule has 1 aliphatic heterocycles. The van der Waals surface area contributed by atoms with Crippen LogP contribution in [0.4, 0.5) is 4.79 Å². The van der Waals surface area contributed by atoms with E-state index in [1.165, 1.54) is 4.90 Å². The maximum atomic E-state index is 10.7. The summed E-state index contributed by atoms with van der Waals surface area (Å²) in [5.74, 6) is 0.530. The predicted octanol–water partition coefficient (Wildman–Crippen LogP) is 2.04. The van der Waals surface area contributed by atoms with Crippen LogP contribution >= 0.6 is 15.9 Å². The lowest BCUT2D eigenvalue weighted by molar-refractivity contribution is 0.121. The number of hydrogen-bond donors (Lipinski definition) is 1. The van der Waals surface area contributed by atoms with Gasteiger partial charge in [0.1, 0.15) is 0 Å². The van der Waals surface area contributed by atoms with Crippen molar-refractivity contribution < 1.29 is 9.90 Å². The molecule has 5 nitrogen and oxygen atoms in total. The van der Waals surface area contributed by atoms with Crippen LogP contribution in [0.5, 0.6) is 0 Å². The predicted molar refractivity (Wildman–Crippen MR) is 62.2 cm³/mol. The fourth-order valence-electron chi connectivity index (χ4n) is 2.01. The van der Waals surface area contributed by atoms with Gasteiger partial charge in [0.15, 0.2) is 0 Å². The van der Waals surface area contributed by atoms with Crippen LogP contribution in [0.15, 0.2) is 16.9 Å². The Hall–Kier alpha value is -1.04. The summed E-state index contributed by atoms with van der Waals surface area (Å²) in [6, 6.07) is 0. The number of hydrogen-bond acceptors (Lipinski definition) is 2. The van der Waals surface area contributed by atoms with Gasteiger partial charge in [0, 0.05) is 25.8 Å². The molecule has 0 bridgehead atoms. The van der Waals surface area contributed by atoms with Gasteiger partial charge < -0.3 is 10.0 Å². The Kier molecular flexibility index (Phi) is 3.48. The third-order valence-electron chi connectivity index (χ3n) is 2.93. The minimum atomic E-state index is -0.805. The molecule has 1 aromatic rings. The first kappa shape index (κ1) is 11.4. The van der Waals surface area contributed by atoms with E-state index in [9.17, 15) is 4.79 Å². The summed E-state index contributed by atoms with van der Waals surface area (Å²) in [6.07, 6.45) is 4.75. The minimum Gasteiger partial charge on any atom is -0.465 e. The SMILES string of the molecule is O=C(O)N1CCC(Cn2cc(Br)cn2)CC1. The van der Waals surface area contributed by atoms with Crippen LogP contribution in [-0.4, -0.2) is 39.0 Å². The van der Waals surface area contributed by atoms with Crippen LogP contribution in [0.1, 0.15) is 12.8 Å². The van der Waals surface area contributed by atoms with Crippen LogP contribution < -0.4 is 0 Å². The minimum absolute atomic E-state index is 0.530. The monoisotopic (exact) mass is 287 g/mol. The Labute approximate surface area is 102 Å². The van der Waals surface area contributed by atoms with E-state index in [0.29, 0.717) is 19.0 Å². The number of carbonyl (C=O) groups is 1. The number of amides is 1. The first-order valence-corrected chi connectivity index (χ1v) is 6.10. The van der Waals surface area contributed by atoms with E-state index in [2.05, 4.69) is 21.0 Å². The van der Waals surface area contributed by atoms with Crippen LogP contribution in [0.25, 0.3) is 0 Å². The highest BCUT2D eigenvalue weighted by atomic mass is 79.9. The maximum Gasteiger partial charge on any atom is 0.407 e. The number of carboxylic acid groups (broad SMARTS) is 1. The van der Waals surface area contributed by atoms with Gasteiger partial charge in [-0.3, -0.25) is 4.68 Å². The van der Waals surface area contributed by atoms with Gasteiger partial charge in [-0.25, -0.2) is 4.79 Å². The molecule has 0 unspecified atom stereocenters. The van der Waals surface area contributed by atoms with Crippen molar-refractivity contribution in [2.24, 2.45) is 5.92 Å². The van der Waals surface area contributed by atoms with Crippen molar-refractivity contribution in [3.63, 3.8) is 0 Å². The summed E-state index contributed by atoms with van der Waals surface area (Å²) < 4.78 is 2.89. The van der Waals surface area contributed by atoms with Gasteiger partial charge in [-0.05, 0) is 34.7 Å². The van der Waals surface area contributed by atoms with Crippen LogP contribution in [0, 0.1) is 5.92 Å². The second-order valence-corrected chi connectivity index (χ2v) is 5.01. The Bertz CT molecular complexity index is 372. The first-order valence-electron chi connectivity index (χ1n) is 5.31. The van der Waals surface area contributed by atoms with Gasteiger partial charge in [-0.2, -0.15) is 5.10 Å². The van der Waals surface area contributed by atoms with Gasteiger partial charge in [0.2, 0.25) is 0 Å². The van der Waals surface area contributed by atoms with E-state index < -0.39 is 6.09 Å². The molecule has 1 fully saturated rings. The molecular weight excluding hydrogens is 274 g/mol. The summed E-state index contributed by atoms with van der Waals surface area (Å²) in [5.41, 5.74) is 0. The molecule has 1 N–H and O–H groups in total. The van der Waals surface area contributed by atoms with Gasteiger partial charge in [0.25, 0.3) is 0 Å². The van der Waals surface area contributed by atoms with E-state index in [1.54, 1.807) is 6.20 Å². The number of nitrogens with zero attached hydrogens (tertiary/aromatic N) is 3. The zero-order chi connectivity index (χ0) is 11.5. The van der Waals surface area contributed by atoms with Gasteiger partial charge >= 0.3 is 6.09 Å². The van der Waals surface area contributed by atoms with Crippen molar-refractivity contribution in [2.45, 2.75) is 19.4 Å². The zero-order valence-electron chi connectivity index (χ0n) is 8.84. The van der Waals surface area contributed by atoms with Crippen LogP contribution in [0.2, 0.25) is 0 Å². The highest BCUT2D eigenvalue weighted by Crippen LogP contribution is 2.19. The van der Waals surface area contributed by atoms with E-state index in [-0.39, 0.29) is 0 Å². The fraction of sp³-hybridized carbons (Fsp3) is 0.600. The smallest absolute Gasteiger partial charge is 0.407 e. The number of rotatable bonds is 2. The molecule has 2 rings (SSSR count). The maximum absolute atomic E-state index is 10.7. The van der Waals surface area contributed by atoms with E-state index in [1.807, 2.05) is 10.9 Å². The molecule has 0 saturated carbocycles. The Morgan fingerprint density at radius 2 is 2.25 bits per heavy atom. The third-order valence-corrected chi connectivity index (χ3v) is 3.34. The quantitative estimate of drug-likeness (QED) is 0.906. The summed E-state index contributed by atoms with van der Waals surface area (Å²) in [7, 11) is 0. The highest BCUT2D eigenvalue weighted by molar-refractivity contribution is 9.10. The van der Waals surface area contributed by atoms with Gasteiger partial charge in [-0.15, -0.1) is 0 Å². The average molecular weight is 288 g/mol. The van der Waals surface area contributed by atoms with E-state index in [4.69, 9.17) is 5.11 Å². The van der Waals surface area contributed by atoms with Crippen molar-refractivity contribution in [3.8, 4) is 0 Å². The molecule has 2 heterocycles. The van der Waals surface area contributed by atoms with Crippen molar-refractivity contribution in [3.05, 3.63) is 16.9 Å². The van der Waals surface area contributed by atoms with Gasteiger partial charge in [-0.1, -0.05) is 0 Å². The molecule has 1 amide bonds.